The van der Waals surface area contributed by atoms with Crippen molar-refractivity contribution in [2.45, 2.75) is 33.1 Å². The summed E-state index contributed by atoms with van der Waals surface area (Å²) in [6.45, 7) is 11.3. The number of hydrogen-bond acceptors (Lipinski definition) is 4. The second kappa shape index (κ2) is 16.1. The summed E-state index contributed by atoms with van der Waals surface area (Å²) in [6, 6.07) is 65.3. The minimum absolute atomic E-state index is 0. The van der Waals surface area contributed by atoms with E-state index in [2.05, 4.69) is 211 Å². The molecule has 0 bridgehead atoms. The van der Waals surface area contributed by atoms with E-state index in [1.54, 1.807) is 0 Å². The fourth-order valence-corrected chi connectivity index (χ4v) is 10.9. The van der Waals surface area contributed by atoms with Gasteiger partial charge in [-0.2, -0.15) is 0 Å². The smallest absolute Gasteiger partial charge is 0 e. The van der Waals surface area contributed by atoms with E-state index in [0.717, 1.165) is 55.9 Å². The Hall–Kier alpha value is -5.89. The third-order valence-electron chi connectivity index (χ3n) is 11.6. The Kier molecular flexibility index (Phi) is 10.4. The molecule has 0 fully saturated rings. The summed E-state index contributed by atoms with van der Waals surface area (Å²) < 4.78 is 12.6. The van der Waals surface area contributed by atoms with Crippen LogP contribution in [0.15, 0.2) is 168 Å². The number of aromatic nitrogens is 2. The molecule has 0 N–H and O–H groups in total. The molecule has 0 radical (unpaired) electrons. The topological polar surface area (TPSA) is 33.5 Å². The number of para-hydroxylation sites is 3. The van der Waals surface area contributed by atoms with Crippen molar-refractivity contribution in [1.82, 2.24) is 9.55 Å². The molecule has 62 heavy (non-hydrogen) atoms. The molecule has 0 saturated heterocycles. The Balaban J connectivity index is 0.00000458. The summed E-state index contributed by atoms with van der Waals surface area (Å²) in [5, 5.41) is 2.26. The average Bonchev–Trinajstić information content (AvgIpc) is 4.01. The van der Waals surface area contributed by atoms with Crippen LogP contribution >= 0.6 is 0 Å². The number of ether oxygens (including phenoxy) is 1. The minimum Gasteiger partial charge on any atom is 0 e. The van der Waals surface area contributed by atoms with Crippen molar-refractivity contribution >= 4 is 73.9 Å². The summed E-state index contributed by atoms with van der Waals surface area (Å²) in [4.78, 5) is 9.72. The summed E-state index contributed by atoms with van der Waals surface area (Å²) in [5.74, 6) is 2.11. The molecule has 1 aliphatic rings. The molecule has 0 amide bonds. The molecule has 11 rings (SSSR count). The van der Waals surface area contributed by atoms with E-state index in [4.69, 9.17) is 9.72 Å². The maximum atomic E-state index is 6.66. The van der Waals surface area contributed by atoms with Gasteiger partial charge < -0.3 is 9.80 Å². The van der Waals surface area contributed by atoms with Gasteiger partial charge in [0.15, 0.2) is 0 Å². The zero-order valence-corrected chi connectivity index (χ0v) is 39.3. The van der Waals surface area contributed by atoms with Gasteiger partial charge in [-0.25, -0.2) is 0 Å². The van der Waals surface area contributed by atoms with Crippen LogP contribution in [-0.4, -0.2) is 30.0 Å². The Bertz CT molecular complexity index is 3220. The molecule has 0 atom stereocenters. The normalized spacial score (nSPS) is 12.6. The summed E-state index contributed by atoms with van der Waals surface area (Å²) in [6.07, 6.45) is 0. The Morgan fingerprint density at radius 3 is 1.98 bits per heavy atom. The SMILES string of the molecule is Cc1cc(-n2c3[c-]c(Oc4[c-]c(N5[CH-]N(c6c(-c7ccccc7)cc(C(C)(C)C)cc6-c6ccccc6)c6ccccc65)ccc4)ccc3c3ccccc32)nc2cc[te]c12.[Pt]. The molecular formula is C55H41N4OPtTe-3. The minimum atomic E-state index is -0.324. The van der Waals surface area contributed by atoms with Crippen LogP contribution in [0.5, 0.6) is 11.5 Å². The average molecular weight is 1100 g/mol. The number of nitrogens with zero attached hydrogens (tertiary/aromatic N) is 4. The van der Waals surface area contributed by atoms with E-state index < -0.39 is 0 Å². The second-order valence-corrected chi connectivity index (χ2v) is 19.2. The monoisotopic (exact) mass is 1100 g/mol. The van der Waals surface area contributed by atoms with Crippen molar-refractivity contribution < 1.29 is 25.8 Å². The number of fused-ring (bicyclic) bond motifs is 5. The van der Waals surface area contributed by atoms with Crippen molar-refractivity contribution in [2.24, 2.45) is 0 Å². The molecular weight excluding hydrogens is 1060 g/mol. The first-order valence-electron chi connectivity index (χ1n) is 20.6. The van der Waals surface area contributed by atoms with Crippen molar-refractivity contribution in [3.63, 3.8) is 0 Å². The number of hydrogen-bond donors (Lipinski definition) is 0. The van der Waals surface area contributed by atoms with Crippen LogP contribution in [0.4, 0.5) is 22.7 Å². The Morgan fingerprint density at radius 1 is 0.629 bits per heavy atom. The third kappa shape index (κ3) is 7.05. The van der Waals surface area contributed by atoms with Gasteiger partial charge in [-0.1, -0.05) is 93.6 Å². The molecule has 0 spiro atoms. The number of pyridine rings is 1. The molecule has 4 heterocycles. The van der Waals surface area contributed by atoms with Crippen LogP contribution in [0.1, 0.15) is 31.9 Å². The van der Waals surface area contributed by atoms with Crippen molar-refractivity contribution in [3.05, 3.63) is 198 Å². The van der Waals surface area contributed by atoms with Gasteiger partial charge in [-0.05, 0) is 46.4 Å². The molecule has 7 aromatic carbocycles. The summed E-state index contributed by atoms with van der Waals surface area (Å²) >= 11 is -0.324. The molecule has 306 valence electrons. The molecule has 0 unspecified atom stereocenters. The van der Waals surface area contributed by atoms with Crippen LogP contribution in [0.2, 0.25) is 0 Å². The predicted molar refractivity (Wildman–Crippen MR) is 253 cm³/mol. The molecule has 0 saturated carbocycles. The predicted octanol–water partition coefficient (Wildman–Crippen LogP) is 14.1. The first-order valence-corrected chi connectivity index (χ1v) is 23.1. The van der Waals surface area contributed by atoms with Gasteiger partial charge in [0.25, 0.3) is 0 Å². The maximum Gasteiger partial charge on any atom is 0 e. The van der Waals surface area contributed by atoms with Gasteiger partial charge in [-0.3, -0.25) is 0 Å². The maximum absolute atomic E-state index is 6.66. The van der Waals surface area contributed by atoms with E-state index in [-0.39, 0.29) is 46.9 Å². The van der Waals surface area contributed by atoms with Crippen LogP contribution in [0, 0.1) is 25.7 Å². The fraction of sp³-hybridized carbons (Fsp3) is 0.0909. The van der Waals surface area contributed by atoms with Gasteiger partial charge >= 0.3 is 178 Å². The number of aryl methyl sites for hydroxylation is 1. The number of anilines is 4. The summed E-state index contributed by atoms with van der Waals surface area (Å²) in [7, 11) is 0. The standard InChI is InChI=1S/C55H41N4OTe.Pt/c1-36-30-52(56-47-28-29-61-54(36)47)59-48-23-12-11-22-43(48)44-27-26-42(34-51(44)59)60-41-21-15-20-40(33-41)57-35-58(50-25-14-13-24-49(50)57)53-45(37-16-7-5-8-17-37)31-39(55(2,3)4)32-46(53)38-18-9-6-10-19-38;/h5-32,35H,1-4H3;/q-3;. The molecule has 1 aliphatic heterocycles. The molecule has 3 aromatic heterocycles. The van der Waals surface area contributed by atoms with Gasteiger partial charge in [0.05, 0.1) is 0 Å². The number of benzene rings is 7. The zero-order chi connectivity index (χ0) is 41.2. The largest absolute Gasteiger partial charge is 0 e. The van der Waals surface area contributed by atoms with Crippen LogP contribution in [-0.2, 0) is 26.5 Å². The van der Waals surface area contributed by atoms with E-state index >= 15 is 0 Å². The van der Waals surface area contributed by atoms with Gasteiger partial charge in [0.2, 0.25) is 0 Å². The van der Waals surface area contributed by atoms with Crippen molar-refractivity contribution in [2.75, 3.05) is 9.80 Å². The van der Waals surface area contributed by atoms with Crippen molar-refractivity contribution in [3.8, 4) is 39.6 Å². The Labute approximate surface area is 386 Å². The van der Waals surface area contributed by atoms with Crippen LogP contribution < -0.4 is 14.5 Å². The molecule has 5 nitrogen and oxygen atoms in total. The summed E-state index contributed by atoms with van der Waals surface area (Å²) in [5.41, 5.74) is 14.4. The van der Waals surface area contributed by atoms with E-state index in [1.807, 2.05) is 18.2 Å². The molecule has 7 heteroatoms. The fourth-order valence-electron chi connectivity index (χ4n) is 8.63. The first kappa shape index (κ1) is 40.2. The van der Waals surface area contributed by atoms with E-state index in [0.29, 0.717) is 11.5 Å². The van der Waals surface area contributed by atoms with Gasteiger partial charge in [-0.15, -0.1) is 12.7 Å². The Morgan fingerprint density at radius 2 is 1.27 bits per heavy atom. The van der Waals surface area contributed by atoms with E-state index in [9.17, 15) is 0 Å². The van der Waals surface area contributed by atoms with Gasteiger partial charge in [0, 0.05) is 49.3 Å². The van der Waals surface area contributed by atoms with E-state index in [1.165, 1.54) is 36.8 Å². The van der Waals surface area contributed by atoms with Crippen LogP contribution in [0.25, 0.3) is 58.8 Å². The van der Waals surface area contributed by atoms with Crippen LogP contribution in [0.3, 0.4) is 0 Å². The number of rotatable bonds is 7. The molecule has 10 aromatic rings. The second-order valence-electron chi connectivity index (χ2n) is 16.6. The zero-order valence-electron chi connectivity index (χ0n) is 34.7. The van der Waals surface area contributed by atoms with Crippen molar-refractivity contribution in [1.29, 1.82) is 0 Å². The van der Waals surface area contributed by atoms with Gasteiger partial charge in [0.1, 0.15) is 0 Å². The third-order valence-corrected chi connectivity index (χ3v) is 14.6. The quantitative estimate of drug-likeness (QED) is 0.118. The molecule has 0 aliphatic carbocycles. The first-order chi connectivity index (χ1) is 29.8.